The van der Waals surface area contributed by atoms with Crippen molar-refractivity contribution in [1.82, 2.24) is 10.3 Å². The van der Waals surface area contributed by atoms with Gasteiger partial charge in [0.1, 0.15) is 5.01 Å². The molecule has 0 bridgehead atoms. The summed E-state index contributed by atoms with van der Waals surface area (Å²) >= 11 is 1.65. The number of aryl methyl sites for hydroxylation is 1. The average molecular weight is 315 g/mol. The van der Waals surface area contributed by atoms with Crippen LogP contribution in [0.3, 0.4) is 0 Å². The summed E-state index contributed by atoms with van der Waals surface area (Å²) in [4.78, 5) is 17.1. The number of hydrogen-bond acceptors (Lipinski definition) is 4. The molecule has 3 N–H and O–H groups in total. The van der Waals surface area contributed by atoms with Crippen LogP contribution >= 0.6 is 11.3 Å². The molecule has 5 heteroatoms. The quantitative estimate of drug-likeness (QED) is 0.852. The van der Waals surface area contributed by atoms with Gasteiger partial charge < -0.3 is 11.1 Å². The van der Waals surface area contributed by atoms with Crippen molar-refractivity contribution in [1.29, 1.82) is 0 Å². The number of hydrogen-bond donors (Lipinski definition) is 2. The van der Waals surface area contributed by atoms with Crippen molar-refractivity contribution in [2.75, 3.05) is 5.73 Å². The number of benzene rings is 1. The molecule has 1 aromatic carbocycles. The zero-order valence-corrected chi connectivity index (χ0v) is 13.6. The molecule has 0 aliphatic heterocycles. The van der Waals surface area contributed by atoms with E-state index < -0.39 is 0 Å². The standard InChI is InChI=1S/C17H21N3OS/c1-12-11-22-16(19-12)17(8-2-3-9-17)20-15(21)10-13-4-6-14(18)7-5-13/h4-7,11H,2-3,8-10,18H2,1H3,(H,20,21). The van der Waals surface area contributed by atoms with Gasteiger partial charge in [-0.05, 0) is 37.5 Å². The Morgan fingerprint density at radius 2 is 2.00 bits per heavy atom. The van der Waals surface area contributed by atoms with E-state index in [1.165, 1.54) is 0 Å². The van der Waals surface area contributed by atoms with Gasteiger partial charge in [-0.2, -0.15) is 0 Å². The van der Waals surface area contributed by atoms with Gasteiger partial charge in [0.25, 0.3) is 0 Å². The molecule has 1 saturated carbocycles. The summed E-state index contributed by atoms with van der Waals surface area (Å²) in [7, 11) is 0. The van der Waals surface area contributed by atoms with Crippen molar-refractivity contribution in [3.63, 3.8) is 0 Å². The van der Waals surface area contributed by atoms with Gasteiger partial charge in [-0.25, -0.2) is 4.98 Å². The second-order valence-electron chi connectivity index (χ2n) is 6.05. The molecular weight excluding hydrogens is 294 g/mol. The second kappa shape index (κ2) is 6.08. The summed E-state index contributed by atoms with van der Waals surface area (Å²) in [6, 6.07) is 7.48. The van der Waals surface area contributed by atoms with E-state index in [4.69, 9.17) is 5.73 Å². The minimum absolute atomic E-state index is 0.0551. The van der Waals surface area contributed by atoms with Crippen molar-refractivity contribution in [3.05, 3.63) is 45.9 Å². The average Bonchev–Trinajstić information content (AvgIpc) is 3.11. The van der Waals surface area contributed by atoms with Crippen LogP contribution in [0.25, 0.3) is 0 Å². The van der Waals surface area contributed by atoms with Crippen molar-refractivity contribution >= 4 is 22.9 Å². The van der Waals surface area contributed by atoms with E-state index in [2.05, 4.69) is 15.7 Å². The number of nitrogens with zero attached hydrogens (tertiary/aromatic N) is 1. The predicted molar refractivity (Wildman–Crippen MR) is 89.7 cm³/mol. The van der Waals surface area contributed by atoms with Gasteiger partial charge in [0.2, 0.25) is 5.91 Å². The molecular formula is C17H21N3OS. The van der Waals surface area contributed by atoms with Gasteiger partial charge in [-0.15, -0.1) is 11.3 Å². The van der Waals surface area contributed by atoms with Gasteiger partial charge in [0, 0.05) is 16.8 Å². The molecule has 2 aromatic rings. The smallest absolute Gasteiger partial charge is 0.225 e. The minimum Gasteiger partial charge on any atom is -0.399 e. The summed E-state index contributed by atoms with van der Waals surface area (Å²) in [5.74, 6) is 0.0551. The molecule has 0 unspecified atom stereocenters. The lowest BCUT2D eigenvalue weighted by Crippen LogP contribution is -2.44. The van der Waals surface area contributed by atoms with E-state index in [0.717, 1.165) is 47.6 Å². The highest BCUT2D eigenvalue weighted by atomic mass is 32.1. The summed E-state index contributed by atoms with van der Waals surface area (Å²) in [5, 5.41) is 6.37. The lowest BCUT2D eigenvalue weighted by Gasteiger charge is -2.28. The number of nitrogens with two attached hydrogens (primary N) is 1. The third-order valence-corrected chi connectivity index (χ3v) is 5.37. The number of anilines is 1. The Bertz CT molecular complexity index is 657. The van der Waals surface area contributed by atoms with E-state index >= 15 is 0 Å². The van der Waals surface area contributed by atoms with E-state index in [-0.39, 0.29) is 11.4 Å². The zero-order valence-electron chi connectivity index (χ0n) is 12.8. The summed E-state index contributed by atoms with van der Waals surface area (Å²) in [6.07, 6.45) is 4.62. The molecule has 1 aromatic heterocycles. The maximum Gasteiger partial charge on any atom is 0.225 e. The fourth-order valence-corrected chi connectivity index (χ4v) is 4.09. The third-order valence-electron chi connectivity index (χ3n) is 4.21. The van der Waals surface area contributed by atoms with Crippen LogP contribution < -0.4 is 11.1 Å². The van der Waals surface area contributed by atoms with Crippen molar-refractivity contribution in [3.8, 4) is 0 Å². The van der Waals surface area contributed by atoms with Gasteiger partial charge in [-0.3, -0.25) is 4.79 Å². The highest BCUT2D eigenvalue weighted by molar-refractivity contribution is 7.09. The Morgan fingerprint density at radius 1 is 1.32 bits per heavy atom. The van der Waals surface area contributed by atoms with E-state index in [1.807, 2.05) is 31.2 Å². The van der Waals surface area contributed by atoms with Crippen molar-refractivity contribution in [2.24, 2.45) is 0 Å². The maximum atomic E-state index is 12.5. The van der Waals surface area contributed by atoms with E-state index in [9.17, 15) is 4.79 Å². The van der Waals surface area contributed by atoms with Crippen LogP contribution in [0, 0.1) is 6.92 Å². The van der Waals surface area contributed by atoms with Gasteiger partial charge in [0.15, 0.2) is 0 Å². The fraction of sp³-hybridized carbons (Fsp3) is 0.412. The Balaban J connectivity index is 1.74. The fourth-order valence-electron chi connectivity index (χ4n) is 3.08. The first-order chi connectivity index (χ1) is 10.6. The van der Waals surface area contributed by atoms with Gasteiger partial charge >= 0.3 is 0 Å². The van der Waals surface area contributed by atoms with Crippen LogP contribution in [-0.4, -0.2) is 10.9 Å². The number of amides is 1. The topological polar surface area (TPSA) is 68.0 Å². The molecule has 1 heterocycles. The number of nitrogens with one attached hydrogen (secondary N) is 1. The second-order valence-corrected chi connectivity index (χ2v) is 6.91. The molecule has 1 fully saturated rings. The molecule has 0 saturated heterocycles. The first kappa shape index (κ1) is 15.0. The molecule has 116 valence electrons. The van der Waals surface area contributed by atoms with Gasteiger partial charge in [0.05, 0.1) is 12.0 Å². The number of aromatic nitrogens is 1. The Kier molecular flexibility index (Phi) is 4.16. The van der Waals surface area contributed by atoms with Crippen LogP contribution in [0.4, 0.5) is 5.69 Å². The molecule has 0 atom stereocenters. The Labute approximate surface area is 134 Å². The number of carbonyl (C=O) groups excluding carboxylic acids is 1. The van der Waals surface area contributed by atoms with Crippen LogP contribution in [0.2, 0.25) is 0 Å². The first-order valence-electron chi connectivity index (χ1n) is 7.65. The highest BCUT2D eigenvalue weighted by Crippen LogP contribution is 2.40. The summed E-state index contributed by atoms with van der Waals surface area (Å²) in [6.45, 7) is 2.00. The predicted octanol–water partition coefficient (Wildman–Crippen LogP) is 3.16. The molecule has 22 heavy (non-hydrogen) atoms. The van der Waals surface area contributed by atoms with Crippen LogP contribution in [0.1, 0.15) is 41.9 Å². The molecule has 0 spiro atoms. The monoisotopic (exact) mass is 315 g/mol. The largest absolute Gasteiger partial charge is 0.399 e. The Hall–Kier alpha value is -1.88. The molecule has 3 rings (SSSR count). The molecule has 4 nitrogen and oxygen atoms in total. The SMILES string of the molecule is Cc1csc(C2(NC(=O)Cc3ccc(N)cc3)CCCC2)n1. The summed E-state index contributed by atoms with van der Waals surface area (Å²) < 4.78 is 0. The van der Waals surface area contributed by atoms with E-state index in [0.29, 0.717) is 6.42 Å². The number of nitrogen functional groups attached to an aromatic ring is 1. The molecule has 1 aliphatic carbocycles. The normalized spacial score (nSPS) is 16.6. The van der Waals surface area contributed by atoms with E-state index in [1.54, 1.807) is 11.3 Å². The molecule has 1 aliphatic rings. The third kappa shape index (κ3) is 3.14. The van der Waals surface area contributed by atoms with Gasteiger partial charge in [-0.1, -0.05) is 25.0 Å². The number of carbonyl (C=O) groups is 1. The van der Waals surface area contributed by atoms with Crippen molar-refractivity contribution < 1.29 is 4.79 Å². The van der Waals surface area contributed by atoms with Crippen LogP contribution in [0.5, 0.6) is 0 Å². The lowest BCUT2D eigenvalue weighted by atomic mass is 9.97. The number of rotatable bonds is 4. The molecule has 1 amide bonds. The minimum atomic E-state index is -0.260. The maximum absolute atomic E-state index is 12.5. The first-order valence-corrected chi connectivity index (χ1v) is 8.53. The van der Waals surface area contributed by atoms with Crippen LogP contribution in [0.15, 0.2) is 29.6 Å². The number of thiazole rings is 1. The highest BCUT2D eigenvalue weighted by Gasteiger charge is 2.39. The lowest BCUT2D eigenvalue weighted by molar-refractivity contribution is -0.122. The Morgan fingerprint density at radius 3 is 2.59 bits per heavy atom. The molecule has 0 radical (unpaired) electrons. The van der Waals surface area contributed by atoms with Crippen LogP contribution in [-0.2, 0) is 16.8 Å². The van der Waals surface area contributed by atoms with Crippen molar-refractivity contribution in [2.45, 2.75) is 44.6 Å². The zero-order chi connectivity index (χ0) is 15.6. The summed E-state index contributed by atoms with van der Waals surface area (Å²) in [5.41, 5.74) is 8.15.